The van der Waals surface area contributed by atoms with Crippen molar-refractivity contribution in [2.75, 3.05) is 26.7 Å². The van der Waals surface area contributed by atoms with Gasteiger partial charge in [-0.25, -0.2) is 0 Å². The van der Waals surface area contributed by atoms with Crippen molar-refractivity contribution in [1.82, 2.24) is 15.1 Å². The van der Waals surface area contributed by atoms with Crippen LogP contribution in [0.4, 0.5) is 0 Å². The van der Waals surface area contributed by atoms with Crippen molar-refractivity contribution in [2.24, 2.45) is 0 Å². The van der Waals surface area contributed by atoms with E-state index in [1.807, 2.05) is 0 Å². The van der Waals surface area contributed by atoms with Crippen molar-refractivity contribution < 1.29 is 0 Å². The Hall–Kier alpha value is -1.13. The van der Waals surface area contributed by atoms with Crippen LogP contribution in [0.25, 0.3) is 0 Å². The summed E-state index contributed by atoms with van der Waals surface area (Å²) in [7, 11) is 2.20. The molecule has 2 fully saturated rings. The topological polar surface area (TPSA) is 18.5 Å². The zero-order chi connectivity index (χ0) is 16.1. The fourth-order valence-corrected chi connectivity index (χ4v) is 4.20. The van der Waals surface area contributed by atoms with Crippen LogP contribution in [0.1, 0.15) is 37.7 Å². The molecule has 3 rings (SSSR count). The Bertz CT molecular complexity index is 497. The minimum absolute atomic E-state index is 0.564. The minimum Gasteiger partial charge on any atom is -0.360 e. The maximum Gasteiger partial charge on any atom is 0.169 e. The SMILES string of the molecule is CN1CCC(NC(=S)N2CCC[C@H]2CCc2ccccc2)CC1. The number of aryl methyl sites for hydroxylation is 1. The van der Waals surface area contributed by atoms with Gasteiger partial charge in [-0.15, -0.1) is 0 Å². The highest BCUT2D eigenvalue weighted by Crippen LogP contribution is 2.22. The number of nitrogens with one attached hydrogen (secondary N) is 1. The fraction of sp³-hybridized carbons (Fsp3) is 0.632. The molecule has 2 aliphatic heterocycles. The van der Waals surface area contributed by atoms with Gasteiger partial charge in [0.2, 0.25) is 0 Å². The fourth-order valence-electron chi connectivity index (χ4n) is 3.79. The summed E-state index contributed by atoms with van der Waals surface area (Å²) in [6.07, 6.45) is 7.33. The largest absolute Gasteiger partial charge is 0.360 e. The third-order valence-electron chi connectivity index (χ3n) is 5.29. The highest BCUT2D eigenvalue weighted by atomic mass is 32.1. The van der Waals surface area contributed by atoms with Crippen molar-refractivity contribution in [1.29, 1.82) is 0 Å². The Balaban J connectivity index is 1.48. The van der Waals surface area contributed by atoms with Crippen molar-refractivity contribution in [3.05, 3.63) is 35.9 Å². The molecule has 3 nitrogen and oxygen atoms in total. The van der Waals surface area contributed by atoms with Gasteiger partial charge in [0, 0.05) is 18.6 Å². The molecule has 1 atom stereocenters. The molecule has 4 heteroatoms. The first-order valence-electron chi connectivity index (χ1n) is 9.02. The number of piperidine rings is 1. The zero-order valence-electron chi connectivity index (χ0n) is 14.2. The first kappa shape index (κ1) is 16.7. The predicted octanol–water partition coefficient (Wildman–Crippen LogP) is 3.05. The number of benzene rings is 1. The molecule has 0 saturated carbocycles. The van der Waals surface area contributed by atoms with Crippen LogP contribution in [-0.2, 0) is 6.42 Å². The second-order valence-electron chi connectivity index (χ2n) is 7.04. The van der Waals surface area contributed by atoms with Crippen LogP contribution >= 0.6 is 12.2 Å². The molecule has 0 aliphatic carbocycles. The van der Waals surface area contributed by atoms with Gasteiger partial charge in [0.1, 0.15) is 0 Å². The summed E-state index contributed by atoms with van der Waals surface area (Å²) in [5.41, 5.74) is 1.44. The van der Waals surface area contributed by atoms with Gasteiger partial charge >= 0.3 is 0 Å². The molecule has 2 saturated heterocycles. The van der Waals surface area contributed by atoms with E-state index in [9.17, 15) is 0 Å². The quantitative estimate of drug-likeness (QED) is 0.855. The van der Waals surface area contributed by atoms with Crippen molar-refractivity contribution in [3.63, 3.8) is 0 Å². The van der Waals surface area contributed by atoms with Crippen molar-refractivity contribution >= 4 is 17.3 Å². The summed E-state index contributed by atoms with van der Waals surface area (Å²) in [5.74, 6) is 0. The summed E-state index contributed by atoms with van der Waals surface area (Å²) < 4.78 is 0. The number of thiocarbonyl (C=S) groups is 1. The summed E-state index contributed by atoms with van der Waals surface area (Å²) in [6.45, 7) is 3.48. The molecule has 1 N–H and O–H groups in total. The molecular weight excluding hydrogens is 302 g/mol. The molecule has 2 aliphatic rings. The first-order chi connectivity index (χ1) is 11.2. The van der Waals surface area contributed by atoms with Gasteiger partial charge in [0.15, 0.2) is 5.11 Å². The molecule has 0 radical (unpaired) electrons. The normalized spacial score (nSPS) is 23.2. The standard InChI is InChI=1S/C19H29N3S/c1-21-14-11-17(12-15-21)20-19(23)22-13-5-8-18(22)10-9-16-6-3-2-4-7-16/h2-4,6-7,17-18H,5,8-15H2,1H3,(H,20,23)/t18-/m0/s1. The lowest BCUT2D eigenvalue weighted by Crippen LogP contribution is -2.49. The molecular formula is C19H29N3S. The molecule has 0 unspecified atom stereocenters. The molecule has 0 spiro atoms. The lowest BCUT2D eigenvalue weighted by atomic mass is 10.0. The Kier molecular flexibility index (Phi) is 5.90. The van der Waals surface area contributed by atoms with Crippen LogP contribution in [0, 0.1) is 0 Å². The van der Waals surface area contributed by atoms with E-state index in [0.717, 1.165) is 18.1 Å². The Morgan fingerprint density at radius 3 is 2.61 bits per heavy atom. The van der Waals surface area contributed by atoms with Crippen molar-refractivity contribution in [3.8, 4) is 0 Å². The number of likely N-dealkylation sites (tertiary alicyclic amines) is 2. The van der Waals surface area contributed by atoms with Gasteiger partial charge < -0.3 is 15.1 Å². The summed E-state index contributed by atoms with van der Waals surface area (Å²) in [6, 6.07) is 12.0. The average molecular weight is 332 g/mol. The lowest BCUT2D eigenvalue weighted by molar-refractivity contribution is 0.242. The number of nitrogens with zero attached hydrogens (tertiary/aromatic N) is 2. The third-order valence-corrected chi connectivity index (χ3v) is 5.65. The highest BCUT2D eigenvalue weighted by Gasteiger charge is 2.27. The van der Waals surface area contributed by atoms with Crippen LogP contribution in [0.15, 0.2) is 30.3 Å². The van der Waals surface area contributed by atoms with E-state index in [4.69, 9.17) is 12.2 Å². The molecule has 0 aromatic heterocycles. The van der Waals surface area contributed by atoms with E-state index in [2.05, 4.69) is 52.5 Å². The number of hydrogen-bond donors (Lipinski definition) is 1. The number of rotatable bonds is 4. The second kappa shape index (κ2) is 8.11. The number of hydrogen-bond acceptors (Lipinski definition) is 2. The molecule has 126 valence electrons. The smallest absolute Gasteiger partial charge is 0.169 e. The summed E-state index contributed by atoms with van der Waals surface area (Å²) in [5, 5.41) is 4.64. The molecule has 0 bridgehead atoms. The van der Waals surface area contributed by atoms with Gasteiger partial charge in [-0.1, -0.05) is 30.3 Å². The predicted molar refractivity (Wildman–Crippen MR) is 101 cm³/mol. The van der Waals surface area contributed by atoms with Gasteiger partial charge in [-0.2, -0.15) is 0 Å². The summed E-state index contributed by atoms with van der Waals surface area (Å²) >= 11 is 5.73. The minimum atomic E-state index is 0.564. The maximum absolute atomic E-state index is 5.73. The average Bonchev–Trinajstić information content (AvgIpc) is 3.05. The summed E-state index contributed by atoms with van der Waals surface area (Å²) in [4.78, 5) is 4.86. The maximum atomic E-state index is 5.73. The Morgan fingerprint density at radius 1 is 1.13 bits per heavy atom. The van der Waals surface area contributed by atoms with E-state index in [-0.39, 0.29) is 0 Å². The van der Waals surface area contributed by atoms with E-state index in [1.165, 1.54) is 50.8 Å². The van der Waals surface area contributed by atoms with Gasteiger partial charge in [0.25, 0.3) is 0 Å². The van der Waals surface area contributed by atoms with E-state index in [0.29, 0.717) is 12.1 Å². The molecule has 0 amide bonds. The van der Waals surface area contributed by atoms with E-state index >= 15 is 0 Å². The Morgan fingerprint density at radius 2 is 1.87 bits per heavy atom. The lowest BCUT2D eigenvalue weighted by Gasteiger charge is -2.34. The van der Waals surface area contributed by atoms with Gasteiger partial charge in [-0.05, 0) is 76.4 Å². The zero-order valence-corrected chi connectivity index (χ0v) is 15.0. The van der Waals surface area contributed by atoms with Crippen LogP contribution in [0.2, 0.25) is 0 Å². The van der Waals surface area contributed by atoms with Crippen LogP contribution in [-0.4, -0.2) is 53.7 Å². The van der Waals surface area contributed by atoms with Crippen LogP contribution < -0.4 is 5.32 Å². The van der Waals surface area contributed by atoms with Crippen LogP contribution in [0.5, 0.6) is 0 Å². The van der Waals surface area contributed by atoms with E-state index < -0.39 is 0 Å². The van der Waals surface area contributed by atoms with E-state index in [1.54, 1.807) is 0 Å². The molecule has 23 heavy (non-hydrogen) atoms. The highest BCUT2D eigenvalue weighted by molar-refractivity contribution is 7.80. The molecule has 1 aromatic rings. The van der Waals surface area contributed by atoms with Crippen molar-refractivity contribution in [2.45, 2.75) is 50.6 Å². The van der Waals surface area contributed by atoms with Crippen LogP contribution in [0.3, 0.4) is 0 Å². The second-order valence-corrected chi connectivity index (χ2v) is 7.43. The van der Waals surface area contributed by atoms with Gasteiger partial charge in [-0.3, -0.25) is 0 Å². The Labute approximate surface area is 146 Å². The first-order valence-corrected chi connectivity index (χ1v) is 9.43. The molecule has 1 aromatic carbocycles. The monoisotopic (exact) mass is 331 g/mol. The third kappa shape index (κ3) is 4.67. The molecule has 2 heterocycles. The van der Waals surface area contributed by atoms with Gasteiger partial charge in [0.05, 0.1) is 0 Å².